The van der Waals surface area contributed by atoms with Crippen LogP contribution in [0.2, 0.25) is 0 Å². The maximum absolute atomic E-state index is 13.7. The number of halogens is 1. The summed E-state index contributed by atoms with van der Waals surface area (Å²) in [4.78, 5) is 23.3. The third-order valence-corrected chi connectivity index (χ3v) is 3.44. The molecule has 0 heterocycles. The molecule has 2 aromatic rings. The monoisotopic (exact) mass is 317 g/mol. The zero-order chi connectivity index (χ0) is 16.8. The fourth-order valence-corrected chi connectivity index (χ4v) is 2.16. The number of aliphatic hydroxyl groups excluding tert-OH is 1. The number of carboxylic acid groups (broad SMARTS) is 1. The van der Waals surface area contributed by atoms with E-state index in [-0.39, 0.29) is 12.1 Å². The first-order chi connectivity index (χ1) is 11.0. The number of hydrogen-bond donors (Lipinski definition) is 3. The van der Waals surface area contributed by atoms with Crippen LogP contribution in [0.25, 0.3) is 0 Å². The third kappa shape index (κ3) is 4.14. The number of aliphatic hydroxyl groups is 1. The lowest BCUT2D eigenvalue weighted by atomic mass is 9.95. The molecule has 120 valence electrons. The predicted octanol–water partition coefficient (Wildman–Crippen LogP) is 1.99. The van der Waals surface area contributed by atoms with Gasteiger partial charge in [-0.1, -0.05) is 36.4 Å². The Hall–Kier alpha value is -2.73. The first-order valence-electron chi connectivity index (χ1n) is 6.99. The Labute approximate surface area is 132 Å². The maximum atomic E-state index is 13.7. The minimum atomic E-state index is -1.57. The summed E-state index contributed by atoms with van der Waals surface area (Å²) in [6, 6.07) is 13.7. The normalized spacial score (nSPS) is 13.1. The van der Waals surface area contributed by atoms with Crippen LogP contribution in [0, 0.1) is 11.7 Å². The van der Waals surface area contributed by atoms with Crippen molar-refractivity contribution in [2.75, 3.05) is 6.54 Å². The van der Waals surface area contributed by atoms with Gasteiger partial charge in [-0.3, -0.25) is 9.59 Å². The Kier molecular flexibility index (Phi) is 5.43. The second-order valence-electron chi connectivity index (χ2n) is 4.99. The van der Waals surface area contributed by atoms with Gasteiger partial charge in [-0.2, -0.15) is 0 Å². The van der Waals surface area contributed by atoms with Crippen LogP contribution in [0.1, 0.15) is 22.0 Å². The van der Waals surface area contributed by atoms with E-state index in [1.165, 1.54) is 18.2 Å². The molecule has 2 aromatic carbocycles. The number of hydrogen-bond acceptors (Lipinski definition) is 3. The smallest absolute Gasteiger partial charge is 0.311 e. The van der Waals surface area contributed by atoms with Crippen molar-refractivity contribution < 1.29 is 24.2 Å². The van der Waals surface area contributed by atoms with Crippen LogP contribution in [-0.2, 0) is 4.79 Å². The van der Waals surface area contributed by atoms with Gasteiger partial charge in [0.1, 0.15) is 11.7 Å². The van der Waals surface area contributed by atoms with E-state index in [9.17, 15) is 24.2 Å². The Morgan fingerprint density at radius 1 is 1.04 bits per heavy atom. The van der Waals surface area contributed by atoms with E-state index in [1.807, 2.05) is 0 Å². The summed E-state index contributed by atoms with van der Waals surface area (Å²) in [5.74, 6) is -3.84. The van der Waals surface area contributed by atoms with Gasteiger partial charge in [0.2, 0.25) is 0 Å². The summed E-state index contributed by atoms with van der Waals surface area (Å²) in [6.07, 6.45) is -1.57. The van der Waals surface area contributed by atoms with Crippen LogP contribution in [0.4, 0.5) is 4.39 Å². The van der Waals surface area contributed by atoms with Gasteiger partial charge in [0.05, 0.1) is 6.10 Å². The van der Waals surface area contributed by atoms with Crippen LogP contribution in [0.15, 0.2) is 54.6 Å². The highest BCUT2D eigenvalue weighted by Gasteiger charge is 2.30. The van der Waals surface area contributed by atoms with E-state index in [2.05, 4.69) is 5.32 Å². The molecule has 0 saturated carbocycles. The Morgan fingerprint density at radius 2 is 1.65 bits per heavy atom. The fraction of sp³-hybridized carbons (Fsp3) is 0.176. The molecule has 1 amide bonds. The highest BCUT2D eigenvalue weighted by molar-refractivity contribution is 5.94. The van der Waals surface area contributed by atoms with E-state index in [1.54, 1.807) is 30.3 Å². The third-order valence-electron chi connectivity index (χ3n) is 3.44. The summed E-state index contributed by atoms with van der Waals surface area (Å²) < 4.78 is 13.7. The number of nitrogens with one attached hydrogen (secondary N) is 1. The molecule has 2 rings (SSSR count). The lowest BCUT2D eigenvalue weighted by molar-refractivity contribution is -0.145. The first kappa shape index (κ1) is 16.6. The average molecular weight is 317 g/mol. The molecule has 2 unspecified atom stereocenters. The zero-order valence-electron chi connectivity index (χ0n) is 12.1. The molecule has 0 saturated heterocycles. The Balaban J connectivity index is 2.09. The average Bonchev–Trinajstić information content (AvgIpc) is 2.55. The van der Waals surface area contributed by atoms with Gasteiger partial charge >= 0.3 is 5.97 Å². The fourth-order valence-electron chi connectivity index (χ4n) is 2.16. The van der Waals surface area contributed by atoms with Crippen molar-refractivity contribution in [1.82, 2.24) is 5.32 Å². The van der Waals surface area contributed by atoms with Gasteiger partial charge in [-0.15, -0.1) is 0 Å². The van der Waals surface area contributed by atoms with Gasteiger partial charge in [-0.25, -0.2) is 4.39 Å². The first-order valence-corrected chi connectivity index (χ1v) is 6.99. The number of amides is 1. The van der Waals surface area contributed by atoms with E-state index in [0.717, 1.165) is 6.07 Å². The van der Waals surface area contributed by atoms with Crippen LogP contribution >= 0.6 is 0 Å². The van der Waals surface area contributed by atoms with Crippen molar-refractivity contribution in [2.24, 2.45) is 5.92 Å². The topological polar surface area (TPSA) is 86.6 Å². The minimum Gasteiger partial charge on any atom is -0.481 e. The molecule has 0 fully saturated rings. The molecule has 0 aromatic heterocycles. The van der Waals surface area contributed by atoms with E-state index in [4.69, 9.17) is 0 Å². The summed E-state index contributed by atoms with van der Waals surface area (Å²) in [6.45, 7) is -0.321. The largest absolute Gasteiger partial charge is 0.481 e. The number of aliphatic carboxylic acids is 1. The molecule has 0 aliphatic carbocycles. The highest BCUT2D eigenvalue weighted by atomic mass is 19.1. The molecule has 0 spiro atoms. The second kappa shape index (κ2) is 7.51. The maximum Gasteiger partial charge on any atom is 0.311 e. The van der Waals surface area contributed by atoms with Gasteiger partial charge in [0, 0.05) is 17.7 Å². The quantitative estimate of drug-likeness (QED) is 0.760. The minimum absolute atomic E-state index is 0.117. The van der Waals surface area contributed by atoms with Gasteiger partial charge in [0.15, 0.2) is 0 Å². The SMILES string of the molecule is O=C(NCC(C(=O)O)C(O)c1ccccc1F)c1ccccc1. The molecule has 0 radical (unpaired) electrons. The van der Waals surface area contributed by atoms with Crippen LogP contribution < -0.4 is 5.32 Å². The van der Waals surface area contributed by atoms with Crippen LogP contribution in [0.5, 0.6) is 0 Å². The summed E-state index contributed by atoms with van der Waals surface area (Å²) >= 11 is 0. The van der Waals surface area contributed by atoms with Crippen molar-refractivity contribution in [1.29, 1.82) is 0 Å². The van der Waals surface area contributed by atoms with E-state index < -0.39 is 29.7 Å². The molecule has 0 bridgehead atoms. The van der Waals surface area contributed by atoms with Crippen molar-refractivity contribution >= 4 is 11.9 Å². The standard InChI is InChI=1S/C17H16FNO4/c18-14-9-5-4-8-12(14)15(20)13(17(22)23)10-19-16(21)11-6-2-1-3-7-11/h1-9,13,15,20H,10H2,(H,19,21)(H,22,23). The van der Waals surface area contributed by atoms with E-state index in [0.29, 0.717) is 5.56 Å². The van der Waals surface area contributed by atoms with Crippen LogP contribution in [0.3, 0.4) is 0 Å². The Bertz CT molecular complexity index is 690. The van der Waals surface area contributed by atoms with Gasteiger partial charge in [-0.05, 0) is 18.2 Å². The summed E-state index contributed by atoms with van der Waals surface area (Å²) in [5, 5.41) is 21.8. The molecule has 0 aliphatic rings. The zero-order valence-corrected chi connectivity index (χ0v) is 12.1. The number of carbonyl (C=O) groups is 2. The van der Waals surface area contributed by atoms with Crippen molar-refractivity contribution in [3.05, 3.63) is 71.5 Å². The molecule has 3 N–H and O–H groups in total. The summed E-state index contributed by atoms with van der Waals surface area (Å²) in [7, 11) is 0. The number of rotatable bonds is 6. The summed E-state index contributed by atoms with van der Waals surface area (Å²) in [5.41, 5.74) is 0.255. The second-order valence-corrected chi connectivity index (χ2v) is 4.99. The van der Waals surface area contributed by atoms with E-state index >= 15 is 0 Å². The Morgan fingerprint density at radius 3 is 2.26 bits per heavy atom. The van der Waals surface area contributed by atoms with Gasteiger partial charge < -0.3 is 15.5 Å². The van der Waals surface area contributed by atoms with Gasteiger partial charge in [0.25, 0.3) is 5.91 Å². The molecule has 6 heteroatoms. The molecule has 23 heavy (non-hydrogen) atoms. The molecule has 2 atom stereocenters. The molecular formula is C17H16FNO4. The van der Waals surface area contributed by atoms with Crippen molar-refractivity contribution in [2.45, 2.75) is 6.10 Å². The lowest BCUT2D eigenvalue weighted by Gasteiger charge is -2.20. The molecular weight excluding hydrogens is 301 g/mol. The number of carbonyl (C=O) groups excluding carboxylic acids is 1. The van der Waals surface area contributed by atoms with Crippen molar-refractivity contribution in [3.63, 3.8) is 0 Å². The highest BCUT2D eigenvalue weighted by Crippen LogP contribution is 2.24. The van der Waals surface area contributed by atoms with Crippen LogP contribution in [-0.4, -0.2) is 28.6 Å². The molecule has 5 nitrogen and oxygen atoms in total. The lowest BCUT2D eigenvalue weighted by Crippen LogP contribution is -2.36. The predicted molar refractivity (Wildman–Crippen MR) is 81.3 cm³/mol. The molecule has 0 aliphatic heterocycles. The number of benzene rings is 2. The number of carboxylic acids is 1. The van der Waals surface area contributed by atoms with Crippen molar-refractivity contribution in [3.8, 4) is 0 Å².